The molecule has 0 spiro atoms. The van der Waals surface area contributed by atoms with Crippen LogP contribution in [0.5, 0.6) is 0 Å². The van der Waals surface area contributed by atoms with Gasteiger partial charge < -0.3 is 15.2 Å². The summed E-state index contributed by atoms with van der Waals surface area (Å²) in [5.41, 5.74) is 0. The number of carbonyl (C=O) groups excluding carboxylic acids is 2. The molecule has 1 saturated heterocycles. The fourth-order valence-electron chi connectivity index (χ4n) is 1.61. The Morgan fingerprint density at radius 1 is 1.61 bits per heavy atom. The number of piperazine rings is 1. The zero-order valence-corrected chi connectivity index (χ0v) is 10.0. The Balaban J connectivity index is 1.70. The molecular formula is C10H15N5O3. The van der Waals surface area contributed by atoms with Gasteiger partial charge in [-0.2, -0.15) is 4.98 Å². The van der Waals surface area contributed by atoms with E-state index < -0.39 is 0 Å². The normalized spacial score (nSPS) is 19.4. The van der Waals surface area contributed by atoms with Crippen molar-refractivity contribution in [3.8, 4) is 0 Å². The third-order valence-electron chi connectivity index (χ3n) is 2.54. The number of hydrogen-bond donors (Lipinski definition) is 3. The topological polar surface area (TPSA) is 109 Å². The van der Waals surface area contributed by atoms with Crippen LogP contribution in [0.25, 0.3) is 0 Å². The SMILES string of the molecule is Cc1noc(CCNC(=O)C2CNC(=O)CN2)n1. The average molecular weight is 253 g/mol. The highest BCUT2D eigenvalue weighted by Crippen LogP contribution is 1.96. The Morgan fingerprint density at radius 3 is 3.06 bits per heavy atom. The van der Waals surface area contributed by atoms with Crippen molar-refractivity contribution in [3.63, 3.8) is 0 Å². The van der Waals surface area contributed by atoms with Crippen LogP contribution in [-0.4, -0.2) is 47.6 Å². The van der Waals surface area contributed by atoms with E-state index >= 15 is 0 Å². The quantitative estimate of drug-likeness (QED) is 0.579. The van der Waals surface area contributed by atoms with Gasteiger partial charge in [0.15, 0.2) is 5.82 Å². The Kier molecular flexibility index (Phi) is 3.88. The zero-order valence-electron chi connectivity index (χ0n) is 10.0. The molecule has 1 aromatic heterocycles. The van der Waals surface area contributed by atoms with E-state index in [1.807, 2.05) is 0 Å². The molecule has 18 heavy (non-hydrogen) atoms. The molecule has 0 radical (unpaired) electrons. The summed E-state index contributed by atoms with van der Waals surface area (Å²) in [6.45, 7) is 2.64. The van der Waals surface area contributed by atoms with E-state index in [1.54, 1.807) is 6.92 Å². The Hall–Kier alpha value is -1.96. The lowest BCUT2D eigenvalue weighted by molar-refractivity contribution is -0.126. The van der Waals surface area contributed by atoms with Gasteiger partial charge in [-0.1, -0.05) is 5.16 Å². The maximum atomic E-state index is 11.7. The van der Waals surface area contributed by atoms with Crippen molar-refractivity contribution in [2.45, 2.75) is 19.4 Å². The molecule has 0 aliphatic carbocycles. The highest BCUT2D eigenvalue weighted by atomic mass is 16.5. The van der Waals surface area contributed by atoms with Crippen LogP contribution < -0.4 is 16.0 Å². The summed E-state index contributed by atoms with van der Waals surface area (Å²) in [7, 11) is 0. The minimum atomic E-state index is -0.382. The molecule has 8 heteroatoms. The van der Waals surface area contributed by atoms with Gasteiger partial charge in [-0.25, -0.2) is 0 Å². The molecule has 98 valence electrons. The van der Waals surface area contributed by atoms with Crippen molar-refractivity contribution >= 4 is 11.8 Å². The van der Waals surface area contributed by atoms with Crippen LogP contribution >= 0.6 is 0 Å². The van der Waals surface area contributed by atoms with Crippen molar-refractivity contribution in [1.82, 2.24) is 26.1 Å². The number of amides is 2. The van der Waals surface area contributed by atoms with Gasteiger partial charge in [-0.05, 0) is 6.92 Å². The first kappa shape index (κ1) is 12.5. The van der Waals surface area contributed by atoms with E-state index in [0.29, 0.717) is 31.2 Å². The monoisotopic (exact) mass is 253 g/mol. The smallest absolute Gasteiger partial charge is 0.238 e. The van der Waals surface area contributed by atoms with Gasteiger partial charge in [0.25, 0.3) is 0 Å². The predicted octanol–water partition coefficient (Wildman–Crippen LogP) is -1.88. The van der Waals surface area contributed by atoms with Crippen LogP contribution in [0.4, 0.5) is 0 Å². The third kappa shape index (κ3) is 3.27. The molecule has 0 bridgehead atoms. The molecule has 0 aromatic carbocycles. The lowest BCUT2D eigenvalue weighted by Crippen LogP contribution is -2.58. The number of hydrogen-bond acceptors (Lipinski definition) is 6. The lowest BCUT2D eigenvalue weighted by atomic mass is 10.2. The van der Waals surface area contributed by atoms with Crippen LogP contribution in [0.2, 0.25) is 0 Å². The number of aryl methyl sites for hydroxylation is 1. The van der Waals surface area contributed by atoms with Crippen LogP contribution in [0.1, 0.15) is 11.7 Å². The number of carbonyl (C=O) groups is 2. The molecule has 8 nitrogen and oxygen atoms in total. The van der Waals surface area contributed by atoms with E-state index in [9.17, 15) is 9.59 Å². The van der Waals surface area contributed by atoms with Gasteiger partial charge in [-0.3, -0.25) is 14.9 Å². The summed E-state index contributed by atoms with van der Waals surface area (Å²) in [4.78, 5) is 26.6. The molecule has 1 aromatic rings. The maximum Gasteiger partial charge on any atom is 0.238 e. The van der Waals surface area contributed by atoms with Crippen molar-refractivity contribution in [2.75, 3.05) is 19.6 Å². The van der Waals surface area contributed by atoms with E-state index in [4.69, 9.17) is 4.52 Å². The van der Waals surface area contributed by atoms with Crippen LogP contribution in [0.3, 0.4) is 0 Å². The summed E-state index contributed by atoms with van der Waals surface area (Å²) >= 11 is 0. The van der Waals surface area contributed by atoms with E-state index in [1.165, 1.54) is 0 Å². The molecule has 1 atom stereocenters. The number of rotatable bonds is 4. The van der Waals surface area contributed by atoms with Crippen LogP contribution in [0.15, 0.2) is 4.52 Å². The minimum absolute atomic E-state index is 0.0969. The predicted molar refractivity (Wildman–Crippen MR) is 60.5 cm³/mol. The maximum absolute atomic E-state index is 11.7. The highest BCUT2D eigenvalue weighted by molar-refractivity contribution is 5.86. The minimum Gasteiger partial charge on any atom is -0.354 e. The van der Waals surface area contributed by atoms with Gasteiger partial charge in [0.1, 0.15) is 6.04 Å². The summed E-state index contributed by atoms with van der Waals surface area (Å²) in [5.74, 6) is 0.831. The largest absolute Gasteiger partial charge is 0.354 e. The molecule has 3 N–H and O–H groups in total. The molecule has 2 amide bonds. The van der Waals surface area contributed by atoms with E-state index in [2.05, 4.69) is 26.1 Å². The van der Waals surface area contributed by atoms with Crippen molar-refractivity contribution in [1.29, 1.82) is 0 Å². The van der Waals surface area contributed by atoms with E-state index in [0.717, 1.165) is 0 Å². The molecule has 1 aliphatic rings. The molecule has 0 saturated carbocycles. The standard InChI is InChI=1S/C10H15N5O3/c1-6-14-9(18-15-6)2-3-11-10(17)7-4-13-8(16)5-12-7/h7,12H,2-5H2,1H3,(H,11,17)(H,13,16). The number of nitrogens with zero attached hydrogens (tertiary/aromatic N) is 2. The first-order chi connectivity index (χ1) is 8.65. The van der Waals surface area contributed by atoms with Crippen LogP contribution in [0, 0.1) is 6.92 Å². The molecular weight excluding hydrogens is 238 g/mol. The second-order valence-corrected chi connectivity index (χ2v) is 4.01. The molecule has 1 aliphatic heterocycles. The van der Waals surface area contributed by atoms with Gasteiger partial charge >= 0.3 is 0 Å². The first-order valence-electron chi connectivity index (χ1n) is 5.72. The van der Waals surface area contributed by atoms with Crippen molar-refractivity contribution < 1.29 is 14.1 Å². The second kappa shape index (κ2) is 5.58. The molecule has 2 rings (SSSR count). The van der Waals surface area contributed by atoms with Gasteiger partial charge in [0.2, 0.25) is 17.7 Å². The van der Waals surface area contributed by atoms with Crippen molar-refractivity contribution in [2.24, 2.45) is 0 Å². The number of aromatic nitrogens is 2. The van der Waals surface area contributed by atoms with Gasteiger partial charge in [0.05, 0.1) is 6.54 Å². The third-order valence-corrected chi connectivity index (χ3v) is 2.54. The fourth-order valence-corrected chi connectivity index (χ4v) is 1.61. The van der Waals surface area contributed by atoms with Gasteiger partial charge in [0, 0.05) is 19.5 Å². The first-order valence-corrected chi connectivity index (χ1v) is 5.72. The van der Waals surface area contributed by atoms with Crippen molar-refractivity contribution in [3.05, 3.63) is 11.7 Å². The summed E-state index contributed by atoms with van der Waals surface area (Å²) in [6, 6.07) is -0.382. The molecule has 1 unspecified atom stereocenters. The van der Waals surface area contributed by atoms with Gasteiger partial charge in [-0.15, -0.1) is 0 Å². The Bertz CT molecular complexity index is 434. The lowest BCUT2D eigenvalue weighted by Gasteiger charge is -2.22. The van der Waals surface area contributed by atoms with E-state index in [-0.39, 0.29) is 24.4 Å². The van der Waals surface area contributed by atoms with Crippen LogP contribution in [-0.2, 0) is 16.0 Å². The molecule has 2 heterocycles. The molecule has 1 fully saturated rings. The fraction of sp³-hybridized carbons (Fsp3) is 0.600. The Labute approximate surface area is 104 Å². The average Bonchev–Trinajstić information content (AvgIpc) is 2.76. The number of nitrogens with one attached hydrogen (secondary N) is 3. The summed E-state index contributed by atoms with van der Waals surface area (Å²) in [6.07, 6.45) is 0.492. The zero-order chi connectivity index (χ0) is 13.0. The highest BCUT2D eigenvalue weighted by Gasteiger charge is 2.23. The second-order valence-electron chi connectivity index (χ2n) is 4.01. The Morgan fingerprint density at radius 2 is 2.44 bits per heavy atom. The summed E-state index contributed by atoms with van der Waals surface area (Å²) in [5, 5.41) is 11.9. The summed E-state index contributed by atoms with van der Waals surface area (Å²) < 4.78 is 4.92.